The van der Waals surface area contributed by atoms with E-state index in [9.17, 15) is 5.11 Å². The highest BCUT2D eigenvalue weighted by atomic mass is 16.3. The molecule has 3 heterocycles. The van der Waals surface area contributed by atoms with Gasteiger partial charge in [0.05, 0.1) is 22.1 Å². The van der Waals surface area contributed by atoms with Crippen LogP contribution in [0.15, 0.2) is 42.9 Å². The van der Waals surface area contributed by atoms with Gasteiger partial charge in [0.25, 0.3) is 0 Å². The highest BCUT2D eigenvalue weighted by Crippen LogP contribution is 2.39. The van der Waals surface area contributed by atoms with Crippen molar-refractivity contribution in [1.82, 2.24) is 14.5 Å². The van der Waals surface area contributed by atoms with Gasteiger partial charge in [-0.05, 0) is 25.0 Å². The maximum Gasteiger partial charge on any atom is 0.202 e. The highest BCUT2D eigenvalue weighted by molar-refractivity contribution is 6.12. The number of hydrogen-bond acceptors (Lipinski definition) is 4. The molecule has 3 aromatic heterocycles. The Labute approximate surface area is 145 Å². The third-order valence-corrected chi connectivity index (χ3v) is 4.65. The number of rotatable bonds is 3. The first kappa shape index (κ1) is 15.4. The summed E-state index contributed by atoms with van der Waals surface area (Å²) < 4.78 is 1.81. The zero-order valence-electron chi connectivity index (χ0n) is 14.3. The van der Waals surface area contributed by atoms with Gasteiger partial charge in [-0.3, -0.25) is 4.98 Å². The molecule has 4 aromatic rings. The fraction of sp³-hybridized carbons (Fsp3) is 0.200. The number of pyridine rings is 2. The lowest BCUT2D eigenvalue weighted by molar-refractivity contribution is 0.421. The average molecular weight is 332 g/mol. The first-order chi connectivity index (χ1) is 12.1. The number of hydrogen-bond donors (Lipinski definition) is 2. The topological polar surface area (TPSA) is 77.0 Å². The van der Waals surface area contributed by atoms with E-state index >= 15 is 0 Å². The van der Waals surface area contributed by atoms with Crippen molar-refractivity contribution in [3.8, 4) is 17.0 Å². The summed E-state index contributed by atoms with van der Waals surface area (Å²) in [5, 5.41) is 12.0. The molecule has 4 rings (SSSR count). The summed E-state index contributed by atoms with van der Waals surface area (Å²) in [6.45, 7) is 4.86. The van der Waals surface area contributed by atoms with E-state index in [-0.39, 0.29) is 5.88 Å². The summed E-state index contributed by atoms with van der Waals surface area (Å²) >= 11 is 0. The van der Waals surface area contributed by atoms with Crippen LogP contribution in [0.4, 0.5) is 5.69 Å². The van der Waals surface area contributed by atoms with Crippen molar-refractivity contribution in [1.29, 1.82) is 0 Å². The quantitative estimate of drug-likeness (QED) is 0.588. The second-order valence-electron chi connectivity index (χ2n) is 6.32. The molecule has 3 N–H and O–H groups in total. The lowest BCUT2D eigenvalue weighted by atomic mass is 9.98. The van der Waals surface area contributed by atoms with Crippen molar-refractivity contribution < 1.29 is 5.11 Å². The van der Waals surface area contributed by atoms with Crippen molar-refractivity contribution in [3.63, 3.8) is 0 Å². The van der Waals surface area contributed by atoms with Crippen LogP contribution in [-0.4, -0.2) is 19.6 Å². The van der Waals surface area contributed by atoms with Gasteiger partial charge in [0, 0.05) is 41.6 Å². The summed E-state index contributed by atoms with van der Waals surface area (Å²) in [4.78, 5) is 9.08. The van der Waals surface area contributed by atoms with Crippen LogP contribution in [0.1, 0.15) is 18.9 Å². The Balaban J connectivity index is 2.08. The molecule has 25 heavy (non-hydrogen) atoms. The van der Waals surface area contributed by atoms with E-state index in [1.165, 1.54) is 0 Å². The Morgan fingerprint density at radius 3 is 2.80 bits per heavy atom. The van der Waals surface area contributed by atoms with E-state index in [1.807, 2.05) is 41.2 Å². The largest absolute Gasteiger partial charge is 0.494 e. The molecule has 1 aromatic carbocycles. The predicted molar refractivity (Wildman–Crippen MR) is 102 cm³/mol. The van der Waals surface area contributed by atoms with Crippen molar-refractivity contribution in [2.45, 2.75) is 26.8 Å². The second kappa shape index (κ2) is 5.77. The van der Waals surface area contributed by atoms with Crippen LogP contribution in [0.3, 0.4) is 0 Å². The van der Waals surface area contributed by atoms with Gasteiger partial charge in [-0.1, -0.05) is 25.1 Å². The first-order valence-electron chi connectivity index (χ1n) is 8.42. The molecule has 0 aliphatic heterocycles. The Hall–Kier alpha value is -3.08. The Morgan fingerprint density at radius 1 is 1.20 bits per heavy atom. The van der Waals surface area contributed by atoms with E-state index < -0.39 is 0 Å². The first-order valence-corrected chi connectivity index (χ1v) is 8.42. The molecule has 0 saturated heterocycles. The summed E-state index contributed by atoms with van der Waals surface area (Å²) in [6, 6.07) is 7.93. The fourth-order valence-corrected chi connectivity index (χ4v) is 3.39. The fourth-order valence-electron chi connectivity index (χ4n) is 3.39. The van der Waals surface area contributed by atoms with Crippen LogP contribution in [0.25, 0.3) is 32.9 Å². The number of nitrogens with zero attached hydrogens (tertiary/aromatic N) is 3. The molecule has 0 radical (unpaired) electrons. The minimum atomic E-state index is 0.187. The van der Waals surface area contributed by atoms with Crippen molar-refractivity contribution in [2.24, 2.45) is 0 Å². The van der Waals surface area contributed by atoms with Crippen molar-refractivity contribution in [3.05, 3.63) is 48.4 Å². The molecule has 0 aliphatic rings. The Kier molecular flexibility index (Phi) is 3.57. The van der Waals surface area contributed by atoms with Gasteiger partial charge in [-0.15, -0.1) is 0 Å². The van der Waals surface area contributed by atoms with E-state index in [1.54, 1.807) is 6.20 Å². The predicted octanol–water partition coefficient (Wildman–Crippen LogP) is 4.26. The molecule has 0 aliphatic carbocycles. The number of anilines is 1. The van der Waals surface area contributed by atoms with Crippen LogP contribution in [0.2, 0.25) is 0 Å². The minimum absolute atomic E-state index is 0.187. The molecule has 0 amide bonds. The molecule has 0 spiro atoms. The lowest BCUT2D eigenvalue weighted by Gasteiger charge is -2.10. The number of aromatic hydroxyl groups is 1. The number of fused-ring (bicyclic) bond motifs is 2. The molecule has 0 atom stereocenters. The van der Waals surface area contributed by atoms with E-state index in [0.29, 0.717) is 16.6 Å². The number of nitrogens with two attached hydrogens (primary N) is 1. The summed E-state index contributed by atoms with van der Waals surface area (Å²) in [6.07, 6.45) is 6.43. The Bertz CT molecular complexity index is 1100. The molecular formula is C20H20N4O. The van der Waals surface area contributed by atoms with Crippen LogP contribution in [0.5, 0.6) is 5.88 Å². The van der Waals surface area contributed by atoms with E-state index in [2.05, 4.69) is 18.8 Å². The second-order valence-corrected chi connectivity index (χ2v) is 6.32. The van der Waals surface area contributed by atoms with Gasteiger partial charge in [0.2, 0.25) is 5.88 Å². The van der Waals surface area contributed by atoms with Gasteiger partial charge < -0.3 is 15.4 Å². The number of benzene rings is 1. The van der Waals surface area contributed by atoms with E-state index in [4.69, 9.17) is 10.7 Å². The third kappa shape index (κ3) is 2.31. The minimum Gasteiger partial charge on any atom is -0.494 e. The van der Waals surface area contributed by atoms with Crippen LogP contribution in [0, 0.1) is 6.92 Å². The van der Waals surface area contributed by atoms with Gasteiger partial charge in [-0.2, -0.15) is 0 Å². The smallest absolute Gasteiger partial charge is 0.202 e. The van der Waals surface area contributed by atoms with Gasteiger partial charge in [0.15, 0.2) is 0 Å². The standard InChI is InChI=1S/C20H20N4O/c1-3-9-24-11-16-17(20(24)25)18(21)14-6-4-5-13(19(14)23-16)15-10-22-8-7-12(15)2/h4-8,10-11,25H,3,9,21H2,1-2H3. The van der Waals surface area contributed by atoms with E-state index in [0.717, 1.165) is 40.6 Å². The zero-order valence-corrected chi connectivity index (χ0v) is 14.3. The number of para-hydroxylation sites is 1. The van der Waals surface area contributed by atoms with Crippen LogP contribution < -0.4 is 5.73 Å². The summed E-state index contributed by atoms with van der Waals surface area (Å²) in [7, 11) is 0. The molecule has 0 unspecified atom stereocenters. The maximum absolute atomic E-state index is 10.5. The SMILES string of the molecule is CCCn1cc2nc3c(-c4cnccc4C)cccc3c(N)c2c1O. The Morgan fingerprint density at radius 2 is 2.04 bits per heavy atom. The number of aryl methyl sites for hydroxylation is 2. The van der Waals surface area contributed by atoms with Crippen LogP contribution in [-0.2, 0) is 6.54 Å². The maximum atomic E-state index is 10.5. The third-order valence-electron chi connectivity index (χ3n) is 4.65. The highest BCUT2D eigenvalue weighted by Gasteiger charge is 2.17. The lowest BCUT2D eigenvalue weighted by Crippen LogP contribution is -1.94. The molecular weight excluding hydrogens is 312 g/mol. The van der Waals surface area contributed by atoms with Gasteiger partial charge in [0.1, 0.15) is 0 Å². The van der Waals surface area contributed by atoms with Gasteiger partial charge in [-0.25, -0.2) is 4.98 Å². The van der Waals surface area contributed by atoms with Crippen LogP contribution >= 0.6 is 0 Å². The zero-order chi connectivity index (χ0) is 17.6. The molecule has 5 nitrogen and oxygen atoms in total. The molecule has 0 fully saturated rings. The summed E-state index contributed by atoms with van der Waals surface area (Å²) in [5.74, 6) is 0.187. The average Bonchev–Trinajstić information content (AvgIpc) is 2.92. The molecule has 126 valence electrons. The summed E-state index contributed by atoms with van der Waals surface area (Å²) in [5.41, 5.74) is 11.7. The molecule has 5 heteroatoms. The normalized spacial score (nSPS) is 11.4. The molecule has 0 bridgehead atoms. The number of aromatic nitrogens is 3. The van der Waals surface area contributed by atoms with Crippen molar-refractivity contribution >= 4 is 27.5 Å². The molecule has 0 saturated carbocycles. The van der Waals surface area contributed by atoms with Crippen molar-refractivity contribution in [2.75, 3.05) is 5.73 Å². The number of nitrogen functional groups attached to an aromatic ring is 1. The monoisotopic (exact) mass is 332 g/mol. The van der Waals surface area contributed by atoms with Gasteiger partial charge >= 0.3 is 0 Å².